The average molecular weight is 268 g/mol. The topological polar surface area (TPSA) is 0 Å². The second-order valence-corrected chi connectivity index (χ2v) is 6.45. The van der Waals surface area contributed by atoms with Crippen molar-refractivity contribution in [1.82, 2.24) is 0 Å². The summed E-state index contributed by atoms with van der Waals surface area (Å²) in [6.07, 6.45) is 18.2. The summed E-state index contributed by atoms with van der Waals surface area (Å²) in [5.41, 5.74) is 0. The van der Waals surface area contributed by atoms with E-state index in [1.54, 1.807) is 0 Å². The van der Waals surface area contributed by atoms with Gasteiger partial charge in [0.25, 0.3) is 0 Å². The maximum absolute atomic E-state index is 3.83. The molecule has 0 heterocycles. The van der Waals surface area contributed by atoms with Crippen LogP contribution in [0.15, 0.2) is 62.8 Å². The number of hydrogen-bond acceptors (Lipinski definition) is 0. The second kappa shape index (κ2) is 6.92. The predicted octanol–water partition coefficient (Wildman–Crippen LogP) is 5.57. The van der Waals surface area contributed by atoms with Gasteiger partial charge < -0.3 is 0 Å². The van der Waals surface area contributed by atoms with Crippen molar-refractivity contribution in [3.8, 4) is 0 Å². The fourth-order valence-corrected chi connectivity index (χ4v) is 3.97. The number of fused-ring (bicyclic) bond motifs is 2. The molecule has 2 saturated carbocycles. The van der Waals surface area contributed by atoms with E-state index in [4.69, 9.17) is 0 Å². The molecule has 0 saturated heterocycles. The molecule has 0 aliphatic heterocycles. The summed E-state index contributed by atoms with van der Waals surface area (Å²) in [5, 5.41) is 0. The molecule has 0 aromatic carbocycles. The van der Waals surface area contributed by atoms with Crippen molar-refractivity contribution in [3.63, 3.8) is 0 Å². The number of rotatable bonds is 4. The van der Waals surface area contributed by atoms with E-state index in [1.165, 1.54) is 25.7 Å². The molecular formula is C20H28. The van der Waals surface area contributed by atoms with Gasteiger partial charge in [0.05, 0.1) is 0 Å². The van der Waals surface area contributed by atoms with E-state index in [0.29, 0.717) is 17.8 Å². The molecule has 2 bridgehead atoms. The van der Waals surface area contributed by atoms with Gasteiger partial charge in [-0.2, -0.15) is 0 Å². The van der Waals surface area contributed by atoms with Gasteiger partial charge in [0.2, 0.25) is 0 Å². The molecule has 3 aliphatic carbocycles. The fourth-order valence-electron chi connectivity index (χ4n) is 3.97. The summed E-state index contributed by atoms with van der Waals surface area (Å²) in [6, 6.07) is 0. The molecule has 0 aromatic rings. The molecule has 5 atom stereocenters. The van der Waals surface area contributed by atoms with Gasteiger partial charge >= 0.3 is 0 Å². The minimum Gasteiger partial charge on any atom is -0.103 e. The van der Waals surface area contributed by atoms with E-state index in [0.717, 1.165) is 17.8 Å². The lowest BCUT2D eigenvalue weighted by molar-refractivity contribution is 0.551. The van der Waals surface area contributed by atoms with Crippen molar-refractivity contribution >= 4 is 0 Å². The van der Waals surface area contributed by atoms with Crippen molar-refractivity contribution < 1.29 is 0 Å². The maximum Gasteiger partial charge on any atom is -0.0165 e. The first kappa shape index (κ1) is 15.1. The highest BCUT2D eigenvalue weighted by Crippen LogP contribution is 2.43. The Hall–Kier alpha value is -1.30. The minimum atomic E-state index is 0.635. The summed E-state index contributed by atoms with van der Waals surface area (Å²) >= 11 is 0. The molecule has 0 nitrogen and oxygen atoms in total. The molecule has 0 spiro atoms. The summed E-state index contributed by atoms with van der Waals surface area (Å²) in [6.45, 7) is 15.3. The Morgan fingerprint density at radius 1 is 0.650 bits per heavy atom. The van der Waals surface area contributed by atoms with E-state index in [1.807, 2.05) is 0 Å². The zero-order valence-corrected chi connectivity index (χ0v) is 12.6. The fraction of sp³-hybridized carbons (Fsp3) is 0.500. The molecule has 0 aromatic heterocycles. The SMILES string of the molecule is C=CC1CC(C=C)C(C=C)C1.C=CC1CC2C=CC1C2. The Labute approximate surface area is 124 Å². The molecule has 5 unspecified atom stereocenters. The first-order chi connectivity index (χ1) is 9.71. The van der Waals surface area contributed by atoms with Gasteiger partial charge in [0.15, 0.2) is 0 Å². The summed E-state index contributed by atoms with van der Waals surface area (Å²) < 4.78 is 0. The second-order valence-electron chi connectivity index (χ2n) is 6.45. The van der Waals surface area contributed by atoms with Crippen LogP contribution in [-0.2, 0) is 0 Å². The molecule has 3 rings (SSSR count). The molecule has 2 fully saturated rings. The van der Waals surface area contributed by atoms with Crippen LogP contribution in [0.4, 0.5) is 0 Å². The van der Waals surface area contributed by atoms with Crippen molar-refractivity contribution in [3.05, 3.63) is 62.8 Å². The van der Waals surface area contributed by atoms with Gasteiger partial charge in [-0.25, -0.2) is 0 Å². The van der Waals surface area contributed by atoms with Crippen LogP contribution in [0.3, 0.4) is 0 Å². The van der Waals surface area contributed by atoms with Gasteiger partial charge in [-0.15, -0.1) is 26.3 Å². The molecule has 0 N–H and O–H groups in total. The number of hydrogen-bond donors (Lipinski definition) is 0. The number of allylic oxidation sites excluding steroid dienone is 6. The molecule has 0 amide bonds. The van der Waals surface area contributed by atoms with E-state index in [2.05, 4.69) is 62.8 Å². The van der Waals surface area contributed by atoms with Crippen LogP contribution in [-0.4, -0.2) is 0 Å². The standard InChI is InChI=1S/C11H16.C9H12/c1-4-9-7-10(5-2)11(6-3)8-9;1-2-8-5-7-3-4-9(8)6-7/h4-6,9-11H,1-3,7-8H2;2-4,7-9H,1,5-6H2. The Morgan fingerprint density at radius 3 is 1.55 bits per heavy atom. The monoisotopic (exact) mass is 268 g/mol. The third-order valence-electron chi connectivity index (χ3n) is 5.27. The predicted molar refractivity (Wildman–Crippen MR) is 89.3 cm³/mol. The lowest BCUT2D eigenvalue weighted by Crippen LogP contribution is -2.01. The highest BCUT2D eigenvalue weighted by atomic mass is 14.4. The Balaban J connectivity index is 0.000000149. The zero-order valence-electron chi connectivity index (χ0n) is 12.6. The van der Waals surface area contributed by atoms with Crippen LogP contribution in [0.2, 0.25) is 0 Å². The molecule has 0 radical (unpaired) electrons. The summed E-state index contributed by atoms with van der Waals surface area (Å²) in [7, 11) is 0. The molecule has 0 heteroatoms. The average Bonchev–Trinajstić information content (AvgIpc) is 3.21. The van der Waals surface area contributed by atoms with Crippen molar-refractivity contribution in [2.24, 2.45) is 35.5 Å². The highest BCUT2D eigenvalue weighted by molar-refractivity contribution is 5.13. The Bertz CT molecular complexity index is 384. The third kappa shape index (κ3) is 3.23. The Morgan fingerprint density at radius 2 is 1.25 bits per heavy atom. The van der Waals surface area contributed by atoms with Gasteiger partial charge in [-0.1, -0.05) is 36.5 Å². The lowest BCUT2D eigenvalue weighted by atomic mass is 9.94. The van der Waals surface area contributed by atoms with Gasteiger partial charge in [-0.3, -0.25) is 0 Å². The highest BCUT2D eigenvalue weighted by Gasteiger charge is 2.33. The summed E-state index contributed by atoms with van der Waals surface area (Å²) in [5.74, 6) is 4.51. The molecule has 3 aliphatic rings. The van der Waals surface area contributed by atoms with Crippen LogP contribution in [0.25, 0.3) is 0 Å². The lowest BCUT2D eigenvalue weighted by Gasteiger charge is -2.11. The van der Waals surface area contributed by atoms with E-state index in [9.17, 15) is 0 Å². The smallest absolute Gasteiger partial charge is 0.0165 e. The third-order valence-corrected chi connectivity index (χ3v) is 5.27. The van der Waals surface area contributed by atoms with Crippen LogP contribution >= 0.6 is 0 Å². The first-order valence-corrected chi connectivity index (χ1v) is 7.90. The quantitative estimate of drug-likeness (QED) is 0.585. The van der Waals surface area contributed by atoms with Crippen molar-refractivity contribution in [2.45, 2.75) is 25.7 Å². The summed E-state index contributed by atoms with van der Waals surface area (Å²) in [4.78, 5) is 0. The van der Waals surface area contributed by atoms with E-state index < -0.39 is 0 Å². The molecule has 108 valence electrons. The Kier molecular flexibility index (Phi) is 5.23. The van der Waals surface area contributed by atoms with Gasteiger partial charge in [0.1, 0.15) is 0 Å². The normalized spacial score (nSPS) is 40.8. The molecular weight excluding hydrogens is 240 g/mol. The first-order valence-electron chi connectivity index (χ1n) is 7.90. The largest absolute Gasteiger partial charge is 0.103 e. The van der Waals surface area contributed by atoms with Crippen LogP contribution < -0.4 is 0 Å². The maximum atomic E-state index is 3.83. The van der Waals surface area contributed by atoms with Crippen molar-refractivity contribution in [2.75, 3.05) is 0 Å². The van der Waals surface area contributed by atoms with E-state index >= 15 is 0 Å². The van der Waals surface area contributed by atoms with Crippen LogP contribution in [0.1, 0.15) is 25.7 Å². The van der Waals surface area contributed by atoms with Crippen molar-refractivity contribution in [1.29, 1.82) is 0 Å². The van der Waals surface area contributed by atoms with Crippen LogP contribution in [0, 0.1) is 35.5 Å². The zero-order chi connectivity index (χ0) is 14.5. The molecule has 20 heavy (non-hydrogen) atoms. The van der Waals surface area contributed by atoms with Gasteiger partial charge in [0, 0.05) is 0 Å². The minimum absolute atomic E-state index is 0.635. The van der Waals surface area contributed by atoms with E-state index in [-0.39, 0.29) is 0 Å². The van der Waals surface area contributed by atoms with Crippen LogP contribution in [0.5, 0.6) is 0 Å². The van der Waals surface area contributed by atoms with Gasteiger partial charge in [-0.05, 0) is 61.2 Å².